The minimum Gasteiger partial charge on any atom is -0.349 e. The zero-order valence-electron chi connectivity index (χ0n) is 14.5. The first-order chi connectivity index (χ1) is 11.4. The number of H-pyrrole nitrogens is 2. The maximum Gasteiger partial charge on any atom is 0.288 e. The van der Waals surface area contributed by atoms with Crippen molar-refractivity contribution in [3.05, 3.63) is 29.6 Å². The largest absolute Gasteiger partial charge is 0.349 e. The van der Waals surface area contributed by atoms with Gasteiger partial charge in [0.15, 0.2) is 0 Å². The van der Waals surface area contributed by atoms with E-state index >= 15 is 0 Å². The molecule has 0 aliphatic carbocycles. The Labute approximate surface area is 141 Å². The molecule has 1 fully saturated rings. The number of hydrogen-bond donors (Lipinski definition) is 3. The van der Waals surface area contributed by atoms with Crippen LogP contribution in [0.15, 0.2) is 12.4 Å². The van der Waals surface area contributed by atoms with Crippen molar-refractivity contribution in [3.63, 3.8) is 0 Å². The molecule has 3 N–H and O–H groups in total. The van der Waals surface area contributed by atoms with Crippen molar-refractivity contribution in [2.24, 2.45) is 5.92 Å². The lowest BCUT2D eigenvalue weighted by Gasteiger charge is -2.15. The second-order valence-corrected chi connectivity index (χ2v) is 7.46. The Bertz CT molecular complexity index is 671. The van der Waals surface area contributed by atoms with E-state index in [4.69, 9.17) is 0 Å². The first kappa shape index (κ1) is 16.6. The van der Waals surface area contributed by atoms with E-state index in [0.717, 1.165) is 37.4 Å². The van der Waals surface area contributed by atoms with Crippen molar-refractivity contribution in [1.82, 2.24) is 35.6 Å². The van der Waals surface area contributed by atoms with Crippen molar-refractivity contribution in [2.45, 2.75) is 39.2 Å². The second-order valence-electron chi connectivity index (χ2n) is 7.46. The molecular formula is C16H25N7O. The van der Waals surface area contributed by atoms with Gasteiger partial charge in [-0.05, 0) is 24.9 Å². The first-order valence-corrected chi connectivity index (χ1v) is 8.32. The number of carbonyl (C=O) groups excluding carboxylic acids is 1. The van der Waals surface area contributed by atoms with Gasteiger partial charge in [-0.15, -0.1) is 0 Å². The smallest absolute Gasteiger partial charge is 0.288 e. The number of rotatable bonds is 5. The van der Waals surface area contributed by atoms with E-state index in [1.165, 1.54) is 6.33 Å². The molecule has 1 atom stereocenters. The lowest BCUT2D eigenvalue weighted by Crippen LogP contribution is -2.31. The minimum atomic E-state index is -0.200. The normalized spacial score (nSPS) is 18.9. The number of likely N-dealkylation sites (tertiary alicyclic amines) is 1. The average Bonchev–Trinajstić information content (AvgIpc) is 3.26. The van der Waals surface area contributed by atoms with Crippen LogP contribution >= 0.6 is 0 Å². The van der Waals surface area contributed by atoms with E-state index in [1.807, 2.05) is 0 Å². The monoisotopic (exact) mass is 331 g/mol. The van der Waals surface area contributed by atoms with Crippen LogP contribution in [0.5, 0.6) is 0 Å². The average molecular weight is 331 g/mol. The lowest BCUT2D eigenvalue weighted by molar-refractivity contribution is 0.0937. The Hall–Kier alpha value is -2.22. The fourth-order valence-electron chi connectivity index (χ4n) is 2.93. The lowest BCUT2D eigenvalue weighted by atomic mass is 9.92. The Morgan fingerprint density at radius 2 is 2.25 bits per heavy atom. The van der Waals surface area contributed by atoms with E-state index in [-0.39, 0.29) is 17.1 Å². The molecule has 130 valence electrons. The fourth-order valence-corrected chi connectivity index (χ4v) is 2.93. The summed E-state index contributed by atoms with van der Waals surface area (Å²) in [5, 5.41) is 16.7. The molecule has 3 rings (SSSR count). The summed E-state index contributed by atoms with van der Waals surface area (Å²) in [6.07, 6.45) is 2.42. The summed E-state index contributed by atoms with van der Waals surface area (Å²) in [6.45, 7) is 10.0. The predicted molar refractivity (Wildman–Crippen MR) is 89.4 cm³/mol. The van der Waals surface area contributed by atoms with Gasteiger partial charge >= 0.3 is 0 Å². The van der Waals surface area contributed by atoms with Gasteiger partial charge in [0.1, 0.15) is 6.33 Å². The van der Waals surface area contributed by atoms with Crippen LogP contribution in [0.25, 0.3) is 0 Å². The number of aromatic nitrogens is 5. The van der Waals surface area contributed by atoms with Crippen LogP contribution in [-0.2, 0) is 12.0 Å². The van der Waals surface area contributed by atoms with Gasteiger partial charge in [-0.3, -0.25) is 19.9 Å². The van der Waals surface area contributed by atoms with Gasteiger partial charge in [-0.2, -0.15) is 10.2 Å². The molecule has 0 radical (unpaired) electrons. The van der Waals surface area contributed by atoms with Gasteiger partial charge in [0.2, 0.25) is 5.82 Å². The molecule has 1 aliphatic heterocycles. The van der Waals surface area contributed by atoms with Crippen molar-refractivity contribution in [1.29, 1.82) is 0 Å². The molecule has 0 bridgehead atoms. The maximum absolute atomic E-state index is 11.9. The summed E-state index contributed by atoms with van der Waals surface area (Å²) in [7, 11) is 0. The molecule has 24 heavy (non-hydrogen) atoms. The molecule has 1 aliphatic rings. The minimum absolute atomic E-state index is 0.0628. The highest BCUT2D eigenvalue weighted by Gasteiger charge is 2.24. The highest BCUT2D eigenvalue weighted by atomic mass is 16.2. The molecule has 0 saturated carbocycles. The summed E-state index contributed by atoms with van der Waals surface area (Å²) < 4.78 is 0. The Morgan fingerprint density at radius 1 is 1.42 bits per heavy atom. The number of aromatic amines is 2. The highest BCUT2D eigenvalue weighted by molar-refractivity contribution is 5.90. The molecule has 2 aromatic rings. The first-order valence-electron chi connectivity index (χ1n) is 8.32. The van der Waals surface area contributed by atoms with Gasteiger partial charge < -0.3 is 5.32 Å². The second kappa shape index (κ2) is 6.72. The summed E-state index contributed by atoms with van der Waals surface area (Å²) >= 11 is 0. The van der Waals surface area contributed by atoms with Crippen molar-refractivity contribution in [2.75, 3.05) is 19.6 Å². The van der Waals surface area contributed by atoms with Crippen LogP contribution in [0.4, 0.5) is 0 Å². The molecule has 0 aromatic carbocycles. The van der Waals surface area contributed by atoms with Gasteiger partial charge in [0.05, 0.1) is 5.69 Å². The summed E-state index contributed by atoms with van der Waals surface area (Å²) in [4.78, 5) is 18.1. The van der Waals surface area contributed by atoms with Gasteiger partial charge in [-0.25, -0.2) is 4.98 Å². The molecule has 3 heterocycles. The Kier molecular flexibility index (Phi) is 4.66. The molecular weight excluding hydrogens is 306 g/mol. The third-order valence-corrected chi connectivity index (χ3v) is 4.34. The van der Waals surface area contributed by atoms with E-state index in [2.05, 4.69) is 62.4 Å². The van der Waals surface area contributed by atoms with E-state index in [0.29, 0.717) is 12.5 Å². The number of amides is 1. The van der Waals surface area contributed by atoms with Crippen LogP contribution in [-0.4, -0.2) is 55.8 Å². The standard InChI is InChI=1S/C16H25N7O/c1-16(2,3)13-6-12(20-21-13)9-23-5-4-11(8-23)7-17-15(24)14-18-10-19-22-14/h6,10-11H,4-5,7-9H2,1-3H3,(H,17,24)(H,20,21)(H,18,19,22)/t11-/m1/s1. The fraction of sp³-hybridized carbons (Fsp3) is 0.625. The van der Waals surface area contributed by atoms with Crippen LogP contribution in [0.2, 0.25) is 0 Å². The Morgan fingerprint density at radius 3 is 2.92 bits per heavy atom. The summed E-state index contributed by atoms with van der Waals surface area (Å²) in [6, 6.07) is 2.15. The van der Waals surface area contributed by atoms with Gasteiger partial charge in [0.25, 0.3) is 5.91 Å². The molecule has 1 saturated heterocycles. The molecule has 1 amide bonds. The van der Waals surface area contributed by atoms with Crippen LogP contribution in [0.1, 0.15) is 49.2 Å². The van der Waals surface area contributed by atoms with Crippen LogP contribution in [0.3, 0.4) is 0 Å². The van der Waals surface area contributed by atoms with E-state index < -0.39 is 0 Å². The maximum atomic E-state index is 11.9. The predicted octanol–water partition coefficient (Wildman–Crippen LogP) is 1.08. The van der Waals surface area contributed by atoms with E-state index in [9.17, 15) is 4.79 Å². The zero-order chi connectivity index (χ0) is 17.2. The molecule has 0 spiro atoms. The van der Waals surface area contributed by atoms with Crippen LogP contribution < -0.4 is 5.32 Å². The number of nitrogens with zero attached hydrogens (tertiary/aromatic N) is 4. The van der Waals surface area contributed by atoms with E-state index in [1.54, 1.807) is 0 Å². The topological polar surface area (TPSA) is 103 Å². The highest BCUT2D eigenvalue weighted by Crippen LogP contribution is 2.22. The number of carbonyl (C=O) groups is 1. The quantitative estimate of drug-likeness (QED) is 0.761. The summed E-state index contributed by atoms with van der Waals surface area (Å²) in [5.74, 6) is 0.522. The van der Waals surface area contributed by atoms with Crippen molar-refractivity contribution >= 4 is 5.91 Å². The molecule has 8 nitrogen and oxygen atoms in total. The third-order valence-electron chi connectivity index (χ3n) is 4.34. The Balaban J connectivity index is 1.45. The van der Waals surface area contributed by atoms with Crippen molar-refractivity contribution in [3.8, 4) is 0 Å². The third kappa shape index (κ3) is 4.00. The number of hydrogen-bond acceptors (Lipinski definition) is 5. The van der Waals surface area contributed by atoms with Crippen molar-refractivity contribution < 1.29 is 4.79 Å². The number of nitrogens with one attached hydrogen (secondary N) is 3. The molecule has 8 heteroatoms. The summed E-state index contributed by atoms with van der Waals surface area (Å²) in [5.41, 5.74) is 2.30. The molecule has 0 unspecified atom stereocenters. The molecule has 2 aromatic heterocycles. The SMILES string of the molecule is CC(C)(C)c1cc(CN2CC[C@H](CNC(=O)c3ncn[nH]3)C2)[nH]n1. The van der Waals surface area contributed by atoms with Gasteiger partial charge in [0, 0.05) is 30.7 Å². The zero-order valence-corrected chi connectivity index (χ0v) is 14.5. The van der Waals surface area contributed by atoms with Crippen LogP contribution in [0, 0.1) is 5.92 Å². The van der Waals surface area contributed by atoms with Gasteiger partial charge in [-0.1, -0.05) is 20.8 Å².